The van der Waals surface area contributed by atoms with Gasteiger partial charge in [-0.2, -0.15) is 0 Å². The number of fused-ring (bicyclic) bond motifs is 1. The van der Waals surface area contributed by atoms with Crippen molar-refractivity contribution in [1.29, 1.82) is 0 Å². The highest BCUT2D eigenvalue weighted by atomic mass is 16.5. The summed E-state index contributed by atoms with van der Waals surface area (Å²) in [5, 5.41) is 2.20. The van der Waals surface area contributed by atoms with E-state index >= 15 is 0 Å². The van der Waals surface area contributed by atoms with Crippen LogP contribution in [-0.4, -0.2) is 6.47 Å². The summed E-state index contributed by atoms with van der Waals surface area (Å²) in [6, 6.07) is 21.8. The predicted molar refractivity (Wildman–Crippen MR) is 76.1 cm³/mol. The Labute approximate surface area is 111 Å². The van der Waals surface area contributed by atoms with Gasteiger partial charge in [0.1, 0.15) is 5.75 Å². The third-order valence-electron chi connectivity index (χ3n) is 3.13. The van der Waals surface area contributed by atoms with Crippen LogP contribution in [0.3, 0.4) is 0 Å². The summed E-state index contributed by atoms with van der Waals surface area (Å²) in [5.41, 5.74) is 1.99. The van der Waals surface area contributed by atoms with Crippen LogP contribution >= 0.6 is 0 Å². The van der Waals surface area contributed by atoms with Gasteiger partial charge < -0.3 is 4.74 Å². The van der Waals surface area contributed by atoms with Crippen LogP contribution in [0.4, 0.5) is 0 Å². The molecule has 0 saturated carbocycles. The first kappa shape index (κ1) is 11.5. The summed E-state index contributed by atoms with van der Waals surface area (Å²) in [7, 11) is 0. The predicted octanol–water partition coefficient (Wildman–Crippen LogP) is 4.04. The lowest BCUT2D eigenvalue weighted by atomic mass is 9.97. The van der Waals surface area contributed by atoms with Crippen molar-refractivity contribution in [1.82, 2.24) is 0 Å². The molecule has 2 nitrogen and oxygen atoms in total. The number of carbonyl (C=O) groups excluding carboxylic acids is 1. The molecule has 0 amide bonds. The topological polar surface area (TPSA) is 26.3 Å². The summed E-state index contributed by atoms with van der Waals surface area (Å²) >= 11 is 0. The van der Waals surface area contributed by atoms with E-state index < -0.39 is 0 Å². The van der Waals surface area contributed by atoms with E-state index in [1.54, 1.807) is 0 Å². The van der Waals surface area contributed by atoms with Crippen LogP contribution in [0.5, 0.6) is 5.75 Å². The zero-order valence-corrected chi connectivity index (χ0v) is 10.2. The molecule has 3 rings (SSSR count). The Balaban J connectivity index is 2.35. The van der Waals surface area contributed by atoms with Gasteiger partial charge in [-0.1, -0.05) is 60.7 Å². The highest BCUT2D eigenvalue weighted by molar-refractivity contribution is 6.00. The van der Waals surface area contributed by atoms with E-state index in [4.69, 9.17) is 4.74 Å². The van der Waals surface area contributed by atoms with E-state index in [2.05, 4.69) is 0 Å². The van der Waals surface area contributed by atoms with Crippen LogP contribution < -0.4 is 4.74 Å². The molecular weight excluding hydrogens is 236 g/mol. The van der Waals surface area contributed by atoms with E-state index in [0.717, 1.165) is 21.9 Å². The molecule has 0 aromatic heterocycles. The van der Waals surface area contributed by atoms with E-state index in [-0.39, 0.29) is 0 Å². The van der Waals surface area contributed by atoms with Crippen LogP contribution in [0.15, 0.2) is 66.7 Å². The zero-order valence-electron chi connectivity index (χ0n) is 10.2. The van der Waals surface area contributed by atoms with Crippen LogP contribution in [0.25, 0.3) is 21.9 Å². The standard InChI is InChI=1S/C17H12O2/c18-12-19-16-11-10-13-6-4-5-9-15(13)17(16)14-7-2-1-3-8-14/h1-12H. The first-order valence-electron chi connectivity index (χ1n) is 6.07. The fourth-order valence-corrected chi connectivity index (χ4v) is 2.30. The Hall–Kier alpha value is -2.61. The molecule has 3 aromatic carbocycles. The molecule has 0 atom stereocenters. The molecule has 3 aromatic rings. The van der Waals surface area contributed by atoms with E-state index in [9.17, 15) is 4.79 Å². The SMILES string of the molecule is O=COc1ccc2ccccc2c1-c1ccccc1. The van der Waals surface area contributed by atoms with Crippen molar-refractivity contribution < 1.29 is 9.53 Å². The van der Waals surface area contributed by atoms with Crippen molar-refractivity contribution in [3.63, 3.8) is 0 Å². The molecule has 0 aliphatic heterocycles. The molecule has 0 fully saturated rings. The summed E-state index contributed by atoms with van der Waals surface area (Å²) < 4.78 is 5.12. The summed E-state index contributed by atoms with van der Waals surface area (Å²) in [4.78, 5) is 10.7. The second-order valence-electron chi connectivity index (χ2n) is 4.24. The number of benzene rings is 3. The van der Waals surface area contributed by atoms with Crippen molar-refractivity contribution in [2.45, 2.75) is 0 Å². The molecule has 0 radical (unpaired) electrons. The van der Waals surface area contributed by atoms with E-state index in [1.807, 2.05) is 66.7 Å². The minimum absolute atomic E-state index is 0.469. The molecule has 0 saturated heterocycles. The van der Waals surface area contributed by atoms with Gasteiger partial charge in [-0.05, 0) is 22.4 Å². The third-order valence-corrected chi connectivity index (χ3v) is 3.13. The second kappa shape index (κ2) is 4.94. The van der Waals surface area contributed by atoms with Crippen molar-refractivity contribution in [3.8, 4) is 16.9 Å². The number of hydrogen-bond donors (Lipinski definition) is 0. The van der Waals surface area contributed by atoms with Gasteiger partial charge in [0.05, 0.1) is 0 Å². The first-order chi connectivity index (χ1) is 9.40. The highest BCUT2D eigenvalue weighted by Gasteiger charge is 2.10. The fraction of sp³-hybridized carbons (Fsp3) is 0. The molecule has 0 heterocycles. The molecule has 0 N–H and O–H groups in total. The lowest BCUT2D eigenvalue weighted by molar-refractivity contribution is -0.120. The van der Waals surface area contributed by atoms with E-state index in [1.165, 1.54) is 0 Å². The summed E-state index contributed by atoms with van der Waals surface area (Å²) in [5.74, 6) is 0.583. The molecule has 0 aliphatic carbocycles. The second-order valence-corrected chi connectivity index (χ2v) is 4.24. The van der Waals surface area contributed by atoms with Gasteiger partial charge >= 0.3 is 0 Å². The Morgan fingerprint density at radius 3 is 2.32 bits per heavy atom. The summed E-state index contributed by atoms with van der Waals surface area (Å²) in [6.45, 7) is 0.469. The maximum Gasteiger partial charge on any atom is 0.298 e. The molecule has 19 heavy (non-hydrogen) atoms. The zero-order chi connectivity index (χ0) is 13.1. The molecule has 0 spiro atoms. The number of rotatable bonds is 3. The van der Waals surface area contributed by atoms with Gasteiger partial charge in [0.15, 0.2) is 0 Å². The smallest absolute Gasteiger partial charge is 0.298 e. The average Bonchev–Trinajstić information content (AvgIpc) is 2.48. The van der Waals surface area contributed by atoms with Crippen LogP contribution in [0.2, 0.25) is 0 Å². The van der Waals surface area contributed by atoms with Gasteiger partial charge in [0.2, 0.25) is 0 Å². The lowest BCUT2D eigenvalue weighted by Crippen LogP contribution is -1.93. The molecule has 0 bridgehead atoms. The van der Waals surface area contributed by atoms with Crippen molar-refractivity contribution in [2.24, 2.45) is 0 Å². The van der Waals surface area contributed by atoms with Gasteiger partial charge in [0.25, 0.3) is 6.47 Å². The van der Waals surface area contributed by atoms with E-state index in [0.29, 0.717) is 12.2 Å². The monoisotopic (exact) mass is 248 g/mol. The van der Waals surface area contributed by atoms with Gasteiger partial charge in [-0.25, -0.2) is 0 Å². The molecule has 0 aliphatic rings. The Morgan fingerprint density at radius 1 is 0.789 bits per heavy atom. The molecule has 2 heteroatoms. The quantitative estimate of drug-likeness (QED) is 0.654. The van der Waals surface area contributed by atoms with Crippen LogP contribution in [0.1, 0.15) is 0 Å². The minimum Gasteiger partial charge on any atom is -0.428 e. The normalized spacial score (nSPS) is 10.3. The average molecular weight is 248 g/mol. The third kappa shape index (κ3) is 2.08. The summed E-state index contributed by atoms with van der Waals surface area (Å²) in [6.07, 6.45) is 0. The minimum atomic E-state index is 0.469. The number of ether oxygens (including phenoxy) is 1. The number of carbonyl (C=O) groups is 1. The van der Waals surface area contributed by atoms with Crippen molar-refractivity contribution >= 4 is 17.2 Å². The molecule has 92 valence electrons. The molecular formula is C17H12O2. The van der Waals surface area contributed by atoms with Crippen LogP contribution in [-0.2, 0) is 4.79 Å². The maximum absolute atomic E-state index is 10.7. The van der Waals surface area contributed by atoms with Gasteiger partial charge in [-0.3, -0.25) is 4.79 Å². The first-order valence-corrected chi connectivity index (χ1v) is 6.07. The largest absolute Gasteiger partial charge is 0.428 e. The highest BCUT2D eigenvalue weighted by Crippen LogP contribution is 2.36. The lowest BCUT2D eigenvalue weighted by Gasteiger charge is -2.11. The van der Waals surface area contributed by atoms with Crippen molar-refractivity contribution in [2.75, 3.05) is 0 Å². The Kier molecular flexibility index (Phi) is 2.99. The Morgan fingerprint density at radius 2 is 1.53 bits per heavy atom. The van der Waals surface area contributed by atoms with Crippen LogP contribution in [0, 0.1) is 0 Å². The maximum atomic E-state index is 10.7. The fourth-order valence-electron chi connectivity index (χ4n) is 2.30. The van der Waals surface area contributed by atoms with Gasteiger partial charge in [0, 0.05) is 5.56 Å². The Bertz CT molecular complexity index is 718. The number of hydrogen-bond acceptors (Lipinski definition) is 2. The molecule has 0 unspecified atom stereocenters. The van der Waals surface area contributed by atoms with Crippen molar-refractivity contribution in [3.05, 3.63) is 66.7 Å². The van der Waals surface area contributed by atoms with Gasteiger partial charge in [-0.15, -0.1) is 0 Å².